The molecule has 1 aliphatic rings. The Bertz CT molecular complexity index is 304. The van der Waals surface area contributed by atoms with E-state index in [4.69, 9.17) is 0 Å². The topological polar surface area (TPSA) is 29.9 Å². The molecule has 14 heavy (non-hydrogen) atoms. The molecule has 0 aliphatic heterocycles. The molecule has 1 aliphatic carbocycles. The van der Waals surface area contributed by atoms with Crippen LogP contribution >= 0.6 is 11.8 Å². The number of aromatic nitrogens is 2. The first kappa shape index (κ1) is 10.1. The minimum Gasteiger partial charge on any atom is -0.310 e. The lowest BCUT2D eigenvalue weighted by Crippen LogP contribution is -2.25. The largest absolute Gasteiger partial charge is 0.310 e. The van der Waals surface area contributed by atoms with E-state index >= 15 is 0 Å². The van der Waals surface area contributed by atoms with Crippen molar-refractivity contribution in [1.29, 1.82) is 0 Å². The summed E-state index contributed by atoms with van der Waals surface area (Å²) in [4.78, 5) is 0. The van der Waals surface area contributed by atoms with Crippen molar-refractivity contribution >= 4 is 11.8 Å². The van der Waals surface area contributed by atoms with Gasteiger partial charge in [0.15, 0.2) is 0 Å². The highest BCUT2D eigenvalue weighted by atomic mass is 32.2. The van der Waals surface area contributed by atoms with E-state index in [0.29, 0.717) is 4.75 Å². The summed E-state index contributed by atoms with van der Waals surface area (Å²) in [5, 5.41) is 7.80. The molecule has 0 spiro atoms. The molecule has 3 nitrogen and oxygen atoms in total. The number of rotatable bonds is 5. The van der Waals surface area contributed by atoms with E-state index in [1.807, 2.05) is 29.7 Å². The molecule has 78 valence electrons. The molecule has 0 aromatic carbocycles. The van der Waals surface area contributed by atoms with Gasteiger partial charge in [0.05, 0.1) is 5.69 Å². The maximum atomic E-state index is 4.32. The lowest BCUT2D eigenvalue weighted by atomic mass is 10.4. The van der Waals surface area contributed by atoms with Gasteiger partial charge in [-0.05, 0) is 25.2 Å². The summed E-state index contributed by atoms with van der Waals surface area (Å²) in [6.07, 6.45) is 6.92. The highest BCUT2D eigenvalue weighted by Gasteiger charge is 2.41. The summed E-state index contributed by atoms with van der Waals surface area (Å²) < 4.78 is 2.40. The fraction of sp³-hybridized carbons (Fsp3) is 0.700. The van der Waals surface area contributed by atoms with Crippen LogP contribution in [0.25, 0.3) is 0 Å². The van der Waals surface area contributed by atoms with Gasteiger partial charge in [-0.15, -0.1) is 0 Å². The second kappa shape index (κ2) is 3.95. The third-order valence-electron chi connectivity index (χ3n) is 2.76. The zero-order valence-corrected chi connectivity index (χ0v) is 9.60. The van der Waals surface area contributed by atoms with Gasteiger partial charge in [-0.25, -0.2) is 0 Å². The van der Waals surface area contributed by atoms with E-state index < -0.39 is 0 Å². The summed E-state index contributed by atoms with van der Waals surface area (Å²) in [5.41, 5.74) is 1.13. The molecule has 0 unspecified atom stereocenters. The summed E-state index contributed by atoms with van der Waals surface area (Å²) in [5.74, 6) is 0. The molecule has 1 aromatic heterocycles. The zero-order valence-electron chi connectivity index (χ0n) is 8.79. The monoisotopic (exact) mass is 211 g/mol. The van der Waals surface area contributed by atoms with Crippen molar-refractivity contribution in [1.82, 2.24) is 15.1 Å². The Hall–Kier alpha value is -0.480. The van der Waals surface area contributed by atoms with Crippen LogP contribution in [0.15, 0.2) is 12.3 Å². The van der Waals surface area contributed by atoms with Gasteiger partial charge in [-0.2, -0.15) is 16.9 Å². The van der Waals surface area contributed by atoms with E-state index in [0.717, 1.165) is 18.8 Å². The second-order valence-corrected chi connectivity index (χ2v) is 5.25. The van der Waals surface area contributed by atoms with Crippen molar-refractivity contribution in [2.45, 2.75) is 24.1 Å². The summed E-state index contributed by atoms with van der Waals surface area (Å²) in [7, 11) is 1.95. The van der Waals surface area contributed by atoms with Crippen molar-refractivity contribution in [3.8, 4) is 0 Å². The predicted molar refractivity (Wildman–Crippen MR) is 60.4 cm³/mol. The normalized spacial score (nSPS) is 18.4. The van der Waals surface area contributed by atoms with E-state index in [9.17, 15) is 0 Å². The third kappa shape index (κ3) is 2.30. The van der Waals surface area contributed by atoms with Gasteiger partial charge in [0.1, 0.15) is 0 Å². The molecule has 0 atom stereocenters. The Morgan fingerprint density at radius 1 is 1.64 bits per heavy atom. The number of nitrogens with one attached hydrogen (secondary N) is 1. The molecule has 1 saturated carbocycles. The summed E-state index contributed by atoms with van der Waals surface area (Å²) in [6.45, 7) is 2.01. The first-order chi connectivity index (χ1) is 6.74. The molecule has 1 heterocycles. The number of aryl methyl sites for hydroxylation is 1. The van der Waals surface area contributed by atoms with Crippen molar-refractivity contribution < 1.29 is 0 Å². The Balaban J connectivity index is 1.73. The number of nitrogens with zero attached hydrogens (tertiary/aromatic N) is 2. The molecule has 1 N–H and O–H groups in total. The quantitative estimate of drug-likeness (QED) is 0.798. The van der Waals surface area contributed by atoms with Crippen molar-refractivity contribution in [2.75, 3.05) is 12.8 Å². The fourth-order valence-electron chi connectivity index (χ4n) is 1.57. The van der Waals surface area contributed by atoms with Crippen LogP contribution in [-0.2, 0) is 13.6 Å². The lowest BCUT2D eigenvalue weighted by molar-refractivity contribution is 0.638. The average Bonchev–Trinajstić information content (AvgIpc) is 2.84. The Morgan fingerprint density at radius 2 is 2.43 bits per heavy atom. The Labute approximate surface area is 89.3 Å². The van der Waals surface area contributed by atoms with Gasteiger partial charge in [-0.1, -0.05) is 0 Å². The highest BCUT2D eigenvalue weighted by Crippen LogP contribution is 2.46. The molecule has 0 radical (unpaired) electrons. The van der Waals surface area contributed by atoms with E-state index in [1.54, 1.807) is 0 Å². The Morgan fingerprint density at radius 3 is 2.93 bits per heavy atom. The summed E-state index contributed by atoms with van der Waals surface area (Å²) in [6, 6.07) is 2.06. The average molecular weight is 211 g/mol. The first-order valence-corrected chi connectivity index (χ1v) is 6.21. The van der Waals surface area contributed by atoms with Crippen molar-refractivity contribution in [2.24, 2.45) is 7.05 Å². The molecule has 0 bridgehead atoms. The van der Waals surface area contributed by atoms with Gasteiger partial charge in [0, 0.05) is 31.1 Å². The second-order valence-electron chi connectivity index (χ2n) is 3.97. The van der Waals surface area contributed by atoms with Gasteiger partial charge in [-0.3, -0.25) is 4.68 Å². The molecular formula is C10H17N3S. The molecule has 1 fully saturated rings. The highest BCUT2D eigenvalue weighted by molar-refractivity contribution is 8.00. The smallest absolute Gasteiger partial charge is 0.0762 e. The number of thioether (sulfide) groups is 1. The van der Waals surface area contributed by atoms with Gasteiger partial charge in [0.2, 0.25) is 0 Å². The molecule has 0 amide bonds. The Kier molecular flexibility index (Phi) is 2.83. The van der Waals surface area contributed by atoms with Crippen molar-refractivity contribution in [3.05, 3.63) is 18.0 Å². The number of hydrogen-bond donors (Lipinski definition) is 1. The van der Waals surface area contributed by atoms with Crippen LogP contribution in [0, 0.1) is 0 Å². The maximum Gasteiger partial charge on any atom is 0.0762 e. The van der Waals surface area contributed by atoms with Crippen molar-refractivity contribution in [3.63, 3.8) is 0 Å². The van der Waals surface area contributed by atoms with Crippen LogP contribution in [-0.4, -0.2) is 27.3 Å². The molecule has 0 saturated heterocycles. The third-order valence-corrected chi connectivity index (χ3v) is 4.18. The van der Waals surface area contributed by atoms with Crippen LogP contribution < -0.4 is 5.32 Å². The molecule has 1 aromatic rings. The molecule has 2 rings (SSSR count). The van der Waals surface area contributed by atoms with Crippen LogP contribution in [0.2, 0.25) is 0 Å². The SMILES string of the molecule is CSC1(CNCc2ccn(C)n2)CC1. The lowest BCUT2D eigenvalue weighted by Gasteiger charge is -2.11. The maximum absolute atomic E-state index is 4.32. The zero-order chi connectivity index (χ0) is 10.0. The van der Waals surface area contributed by atoms with Crippen LogP contribution in [0.3, 0.4) is 0 Å². The molecule has 4 heteroatoms. The van der Waals surface area contributed by atoms with Crippen LogP contribution in [0.1, 0.15) is 18.5 Å². The number of hydrogen-bond acceptors (Lipinski definition) is 3. The fourth-order valence-corrected chi connectivity index (χ4v) is 2.33. The van der Waals surface area contributed by atoms with Gasteiger partial charge < -0.3 is 5.32 Å². The van der Waals surface area contributed by atoms with Gasteiger partial charge in [0.25, 0.3) is 0 Å². The standard InChI is InChI=1S/C10H17N3S/c1-13-6-3-9(12-13)7-11-8-10(14-2)4-5-10/h3,6,11H,4-5,7-8H2,1-2H3. The first-order valence-electron chi connectivity index (χ1n) is 4.98. The van der Waals surface area contributed by atoms with E-state index in [2.05, 4.69) is 22.7 Å². The van der Waals surface area contributed by atoms with Crippen LogP contribution in [0.4, 0.5) is 0 Å². The minimum absolute atomic E-state index is 0.550. The van der Waals surface area contributed by atoms with Crippen LogP contribution in [0.5, 0.6) is 0 Å². The molecular weight excluding hydrogens is 194 g/mol. The minimum atomic E-state index is 0.550. The summed E-state index contributed by atoms with van der Waals surface area (Å²) >= 11 is 1.99. The van der Waals surface area contributed by atoms with Gasteiger partial charge >= 0.3 is 0 Å². The van der Waals surface area contributed by atoms with E-state index in [1.165, 1.54) is 12.8 Å². The predicted octanol–water partition coefficient (Wildman–Crippen LogP) is 1.41. The van der Waals surface area contributed by atoms with E-state index in [-0.39, 0.29) is 0 Å².